The Labute approximate surface area is 215 Å². The number of benzene rings is 2. The van der Waals surface area contributed by atoms with Gasteiger partial charge in [-0.3, -0.25) is 9.59 Å². The van der Waals surface area contributed by atoms with Crippen LogP contribution in [0.15, 0.2) is 60.0 Å². The topological polar surface area (TPSA) is 59.1 Å². The Hall–Kier alpha value is -3.23. The van der Waals surface area contributed by atoms with E-state index in [1.807, 2.05) is 35.4 Å². The molecular weight excluding hydrogens is 479 g/mol. The third-order valence-electron chi connectivity index (χ3n) is 6.33. The molecule has 0 bridgehead atoms. The highest BCUT2D eigenvalue weighted by Gasteiger charge is 2.33. The van der Waals surface area contributed by atoms with Crippen molar-refractivity contribution in [2.75, 3.05) is 40.0 Å². The van der Waals surface area contributed by atoms with E-state index in [2.05, 4.69) is 0 Å². The lowest BCUT2D eigenvalue weighted by Gasteiger charge is -2.37. The second-order valence-corrected chi connectivity index (χ2v) is 9.86. The molecule has 1 atom stereocenters. The molecule has 0 unspecified atom stereocenters. The van der Waals surface area contributed by atoms with Gasteiger partial charge in [-0.2, -0.15) is 0 Å². The number of methoxy groups -OCH3 is 1. The number of hydrogen-bond acceptors (Lipinski definition) is 5. The molecule has 1 aliphatic rings. The molecule has 190 valence electrons. The van der Waals surface area contributed by atoms with Crippen LogP contribution < -0.4 is 4.74 Å². The Bertz CT molecular complexity index is 1160. The van der Waals surface area contributed by atoms with Gasteiger partial charge in [0.05, 0.1) is 6.04 Å². The van der Waals surface area contributed by atoms with E-state index in [0.29, 0.717) is 37.4 Å². The Morgan fingerprint density at radius 1 is 1.11 bits per heavy atom. The van der Waals surface area contributed by atoms with E-state index in [-0.39, 0.29) is 36.8 Å². The van der Waals surface area contributed by atoms with Crippen molar-refractivity contribution in [2.45, 2.75) is 25.8 Å². The molecule has 0 radical (unpaired) electrons. The third-order valence-corrected chi connectivity index (χ3v) is 7.32. The van der Waals surface area contributed by atoms with Gasteiger partial charge in [0.1, 0.15) is 24.7 Å². The Kier molecular flexibility index (Phi) is 8.72. The van der Waals surface area contributed by atoms with E-state index < -0.39 is 0 Å². The molecule has 3 aromatic rings. The standard InChI is InChI=1S/C28H31FN2O4S/c1-20-4-6-21(7-5-20)28(33)30(14-3-16-34-2)18-27(32)31-15-12-26-24(13-17-36-26)25(31)19-35-23-10-8-22(29)9-11-23/h4-11,13,17,25H,3,12,14-16,18-19H2,1-2H3/t25-/m1/s1. The van der Waals surface area contributed by atoms with Crippen LogP contribution in [0.2, 0.25) is 0 Å². The van der Waals surface area contributed by atoms with Gasteiger partial charge in [0.25, 0.3) is 5.91 Å². The average Bonchev–Trinajstić information content (AvgIpc) is 3.37. The van der Waals surface area contributed by atoms with Gasteiger partial charge in [0, 0.05) is 37.2 Å². The zero-order valence-electron chi connectivity index (χ0n) is 20.6. The lowest BCUT2D eigenvalue weighted by molar-refractivity contribution is -0.135. The van der Waals surface area contributed by atoms with Crippen LogP contribution in [-0.2, 0) is 16.0 Å². The minimum Gasteiger partial charge on any atom is -0.491 e. The highest BCUT2D eigenvalue weighted by molar-refractivity contribution is 7.10. The number of nitrogens with zero attached hydrogens (tertiary/aromatic N) is 2. The summed E-state index contributed by atoms with van der Waals surface area (Å²) in [5.74, 6) is -0.0881. The van der Waals surface area contributed by atoms with E-state index in [9.17, 15) is 14.0 Å². The number of ether oxygens (including phenoxy) is 2. The van der Waals surface area contributed by atoms with Crippen molar-refractivity contribution in [1.82, 2.24) is 9.80 Å². The molecule has 1 aliphatic heterocycles. The van der Waals surface area contributed by atoms with Gasteiger partial charge >= 0.3 is 0 Å². The van der Waals surface area contributed by atoms with E-state index in [0.717, 1.165) is 17.5 Å². The molecule has 0 saturated heterocycles. The van der Waals surface area contributed by atoms with Gasteiger partial charge in [-0.25, -0.2) is 4.39 Å². The Morgan fingerprint density at radius 3 is 2.58 bits per heavy atom. The summed E-state index contributed by atoms with van der Waals surface area (Å²) >= 11 is 1.68. The van der Waals surface area contributed by atoms with E-state index in [1.54, 1.807) is 47.6 Å². The number of amides is 2. The van der Waals surface area contributed by atoms with Crippen LogP contribution in [0.5, 0.6) is 5.75 Å². The van der Waals surface area contributed by atoms with Crippen molar-refractivity contribution < 1.29 is 23.5 Å². The predicted octanol–water partition coefficient (Wildman–Crippen LogP) is 4.88. The first-order valence-electron chi connectivity index (χ1n) is 12.0. The van der Waals surface area contributed by atoms with Crippen molar-refractivity contribution in [3.8, 4) is 5.75 Å². The number of rotatable bonds is 10. The molecular formula is C28H31FN2O4S. The molecule has 6 nitrogen and oxygen atoms in total. The van der Waals surface area contributed by atoms with E-state index >= 15 is 0 Å². The maximum absolute atomic E-state index is 13.6. The van der Waals surface area contributed by atoms with Gasteiger partial charge in [-0.1, -0.05) is 17.7 Å². The summed E-state index contributed by atoms with van der Waals surface area (Å²) in [5, 5.41) is 2.03. The first-order chi connectivity index (χ1) is 17.5. The molecule has 4 rings (SSSR count). The smallest absolute Gasteiger partial charge is 0.254 e. The van der Waals surface area contributed by atoms with Crippen molar-refractivity contribution in [3.63, 3.8) is 0 Å². The number of hydrogen-bond donors (Lipinski definition) is 0. The molecule has 0 aliphatic carbocycles. The summed E-state index contributed by atoms with van der Waals surface area (Å²) in [4.78, 5) is 31.6. The second-order valence-electron chi connectivity index (χ2n) is 8.86. The minimum atomic E-state index is -0.330. The Morgan fingerprint density at radius 2 is 1.86 bits per heavy atom. The number of fused-ring (bicyclic) bond motifs is 1. The van der Waals surface area contributed by atoms with Gasteiger partial charge in [-0.15, -0.1) is 11.3 Å². The number of halogens is 1. The summed E-state index contributed by atoms with van der Waals surface area (Å²) in [6.45, 7) is 3.66. The predicted molar refractivity (Wildman–Crippen MR) is 138 cm³/mol. The van der Waals surface area contributed by atoms with Gasteiger partial charge < -0.3 is 19.3 Å². The molecule has 2 amide bonds. The summed E-state index contributed by atoms with van der Waals surface area (Å²) < 4.78 is 24.4. The molecule has 1 aromatic heterocycles. The molecule has 0 N–H and O–H groups in total. The van der Waals surface area contributed by atoms with Crippen LogP contribution >= 0.6 is 11.3 Å². The fourth-order valence-electron chi connectivity index (χ4n) is 4.37. The average molecular weight is 511 g/mol. The molecule has 8 heteroatoms. The van der Waals surface area contributed by atoms with Crippen LogP contribution in [0.1, 0.15) is 38.8 Å². The van der Waals surface area contributed by atoms with Crippen LogP contribution in [-0.4, -0.2) is 61.6 Å². The monoisotopic (exact) mass is 510 g/mol. The normalized spacial score (nSPS) is 14.9. The lowest BCUT2D eigenvalue weighted by atomic mass is 10.0. The van der Waals surface area contributed by atoms with E-state index in [4.69, 9.17) is 9.47 Å². The van der Waals surface area contributed by atoms with Gasteiger partial charge in [-0.05, 0) is 73.2 Å². The van der Waals surface area contributed by atoms with Crippen molar-refractivity contribution in [1.29, 1.82) is 0 Å². The molecule has 0 fully saturated rings. The highest BCUT2D eigenvalue weighted by atomic mass is 32.1. The minimum absolute atomic E-state index is 0.0249. The van der Waals surface area contributed by atoms with Crippen molar-refractivity contribution >= 4 is 23.2 Å². The number of carbonyl (C=O) groups is 2. The first kappa shape index (κ1) is 25.9. The number of thiophene rings is 1. The first-order valence-corrected chi connectivity index (χ1v) is 12.9. The molecule has 0 spiro atoms. The Balaban J connectivity index is 1.51. The van der Waals surface area contributed by atoms with E-state index in [1.165, 1.54) is 17.0 Å². The van der Waals surface area contributed by atoms with Crippen LogP contribution in [0, 0.1) is 12.7 Å². The summed E-state index contributed by atoms with van der Waals surface area (Å²) in [6.07, 6.45) is 1.40. The molecule has 2 heterocycles. The maximum atomic E-state index is 13.6. The van der Waals surface area contributed by atoms with Gasteiger partial charge in [0.15, 0.2) is 0 Å². The highest BCUT2D eigenvalue weighted by Crippen LogP contribution is 2.34. The van der Waals surface area contributed by atoms with Crippen LogP contribution in [0.3, 0.4) is 0 Å². The molecule has 2 aromatic carbocycles. The summed E-state index contributed by atoms with van der Waals surface area (Å²) in [5.41, 5.74) is 2.69. The molecule has 0 saturated carbocycles. The summed E-state index contributed by atoms with van der Waals surface area (Å²) in [7, 11) is 1.62. The third kappa shape index (κ3) is 6.30. The number of carbonyl (C=O) groups excluding carboxylic acids is 2. The fraction of sp³-hybridized carbons (Fsp3) is 0.357. The maximum Gasteiger partial charge on any atom is 0.254 e. The largest absolute Gasteiger partial charge is 0.491 e. The van der Waals surface area contributed by atoms with Crippen LogP contribution in [0.25, 0.3) is 0 Å². The quantitative estimate of drug-likeness (QED) is 0.365. The SMILES string of the molecule is COCCCN(CC(=O)N1CCc2sccc2[C@H]1COc1ccc(F)cc1)C(=O)c1ccc(C)cc1. The van der Waals surface area contributed by atoms with Gasteiger partial charge in [0.2, 0.25) is 5.91 Å². The lowest BCUT2D eigenvalue weighted by Crippen LogP contribution is -2.48. The second kappa shape index (κ2) is 12.1. The van der Waals surface area contributed by atoms with Crippen molar-refractivity contribution in [3.05, 3.63) is 87.4 Å². The number of aryl methyl sites for hydroxylation is 1. The fourth-order valence-corrected chi connectivity index (χ4v) is 5.29. The van der Waals surface area contributed by atoms with Crippen LogP contribution in [0.4, 0.5) is 4.39 Å². The zero-order valence-corrected chi connectivity index (χ0v) is 21.4. The summed E-state index contributed by atoms with van der Waals surface area (Å²) in [6, 6.07) is 15.0. The molecule has 36 heavy (non-hydrogen) atoms. The zero-order chi connectivity index (χ0) is 25.5. The van der Waals surface area contributed by atoms with Crippen molar-refractivity contribution in [2.24, 2.45) is 0 Å².